The van der Waals surface area contributed by atoms with Crippen LogP contribution in [0.4, 0.5) is 0 Å². The monoisotopic (exact) mass is 292 g/mol. The molecule has 7 heteroatoms. The summed E-state index contributed by atoms with van der Waals surface area (Å²) in [6.07, 6.45) is 5.11. The fourth-order valence-corrected chi connectivity index (χ4v) is 3.15. The number of hydrogen-bond acceptors (Lipinski definition) is 5. The highest BCUT2D eigenvalue weighted by molar-refractivity contribution is 7.89. The summed E-state index contributed by atoms with van der Waals surface area (Å²) in [7, 11) is -3.68. The van der Waals surface area contributed by atoms with E-state index in [1.807, 2.05) is 0 Å². The summed E-state index contributed by atoms with van der Waals surface area (Å²) in [4.78, 5) is 3.69. The molecule has 0 aliphatic carbocycles. The Morgan fingerprint density at radius 3 is 3.05 bits per heavy atom. The Bertz CT molecular complexity index is 647. The third-order valence-corrected chi connectivity index (χ3v) is 4.55. The second-order valence-corrected chi connectivity index (χ2v) is 6.16. The molecule has 2 N–H and O–H groups in total. The van der Waals surface area contributed by atoms with E-state index in [1.54, 1.807) is 6.07 Å². The van der Waals surface area contributed by atoms with Gasteiger partial charge in [0.1, 0.15) is 11.0 Å². The topological polar surface area (TPSA) is 94.9 Å². The summed E-state index contributed by atoms with van der Waals surface area (Å²) >= 11 is 0. The van der Waals surface area contributed by atoms with Crippen molar-refractivity contribution < 1.29 is 8.42 Å². The lowest BCUT2D eigenvalue weighted by molar-refractivity contribution is 0.579. The van der Waals surface area contributed by atoms with Crippen molar-refractivity contribution in [3.8, 4) is 6.07 Å². The molecular weight excluding hydrogens is 276 g/mol. The molecule has 0 saturated carbocycles. The molecule has 2 heterocycles. The van der Waals surface area contributed by atoms with Crippen LogP contribution >= 0.6 is 0 Å². The third kappa shape index (κ3) is 3.63. The highest BCUT2D eigenvalue weighted by atomic mass is 32.2. The first-order valence-corrected chi connectivity index (χ1v) is 7.85. The van der Waals surface area contributed by atoms with E-state index >= 15 is 0 Å². The number of sulfonamides is 1. The van der Waals surface area contributed by atoms with Crippen LogP contribution in [-0.4, -0.2) is 33.0 Å². The lowest BCUT2D eigenvalue weighted by atomic mass is 10.1. The van der Waals surface area contributed by atoms with Gasteiger partial charge in [-0.1, -0.05) is 11.6 Å². The van der Waals surface area contributed by atoms with Crippen molar-refractivity contribution in [2.24, 2.45) is 0 Å². The van der Waals surface area contributed by atoms with Gasteiger partial charge in [-0.2, -0.15) is 5.26 Å². The first-order valence-electron chi connectivity index (χ1n) is 6.37. The van der Waals surface area contributed by atoms with Crippen molar-refractivity contribution in [1.29, 1.82) is 5.26 Å². The third-order valence-electron chi connectivity index (χ3n) is 3.06. The van der Waals surface area contributed by atoms with Crippen LogP contribution in [0, 0.1) is 11.3 Å². The van der Waals surface area contributed by atoms with Crippen molar-refractivity contribution in [3.05, 3.63) is 35.7 Å². The van der Waals surface area contributed by atoms with E-state index in [2.05, 4.69) is 21.1 Å². The molecule has 1 aliphatic rings. The highest BCUT2D eigenvalue weighted by Gasteiger charge is 2.18. The van der Waals surface area contributed by atoms with E-state index < -0.39 is 10.0 Å². The minimum absolute atomic E-state index is 0.0678. The maximum atomic E-state index is 12.1. The van der Waals surface area contributed by atoms with Crippen molar-refractivity contribution in [2.45, 2.75) is 17.7 Å². The van der Waals surface area contributed by atoms with Crippen molar-refractivity contribution in [3.63, 3.8) is 0 Å². The highest BCUT2D eigenvalue weighted by Crippen LogP contribution is 2.13. The van der Waals surface area contributed by atoms with Crippen LogP contribution in [0.5, 0.6) is 0 Å². The molecule has 0 saturated heterocycles. The summed E-state index contributed by atoms with van der Waals surface area (Å²) in [5.74, 6) is 0. The van der Waals surface area contributed by atoms with Crippen LogP contribution in [0.3, 0.4) is 0 Å². The molecule has 0 radical (unpaired) electrons. The van der Waals surface area contributed by atoms with Crippen LogP contribution in [0.1, 0.15) is 18.5 Å². The molecule has 20 heavy (non-hydrogen) atoms. The minimum atomic E-state index is -3.68. The van der Waals surface area contributed by atoms with Crippen molar-refractivity contribution >= 4 is 10.0 Å². The van der Waals surface area contributed by atoms with Gasteiger partial charge in [0.05, 0.1) is 0 Å². The Morgan fingerprint density at radius 2 is 2.35 bits per heavy atom. The summed E-state index contributed by atoms with van der Waals surface area (Å²) in [6, 6.07) is 4.68. The maximum absolute atomic E-state index is 12.1. The fraction of sp³-hybridized carbons (Fsp3) is 0.385. The number of pyridine rings is 1. The van der Waals surface area contributed by atoms with Gasteiger partial charge in [-0.05, 0) is 31.5 Å². The lowest BCUT2D eigenvalue weighted by Crippen LogP contribution is -2.27. The predicted octanol–water partition coefficient (Wildman–Crippen LogP) is 0.541. The number of aromatic nitrogens is 1. The normalized spacial score (nSPS) is 15.4. The van der Waals surface area contributed by atoms with Gasteiger partial charge < -0.3 is 5.32 Å². The first-order chi connectivity index (χ1) is 9.63. The Kier molecular flexibility index (Phi) is 4.84. The molecule has 0 atom stereocenters. The van der Waals surface area contributed by atoms with Crippen LogP contribution in [0.2, 0.25) is 0 Å². The average molecular weight is 292 g/mol. The largest absolute Gasteiger partial charge is 0.313 e. The summed E-state index contributed by atoms with van der Waals surface area (Å²) in [5, 5.41) is 12.1. The Balaban J connectivity index is 2.01. The maximum Gasteiger partial charge on any atom is 0.243 e. The molecule has 0 spiro atoms. The van der Waals surface area contributed by atoms with Crippen molar-refractivity contribution in [2.75, 3.05) is 19.6 Å². The summed E-state index contributed by atoms with van der Waals surface area (Å²) < 4.78 is 26.8. The number of nitriles is 1. The van der Waals surface area contributed by atoms with Gasteiger partial charge in [0.25, 0.3) is 0 Å². The van der Waals surface area contributed by atoms with Gasteiger partial charge in [-0.25, -0.2) is 18.1 Å². The van der Waals surface area contributed by atoms with E-state index in [0.29, 0.717) is 13.0 Å². The summed E-state index contributed by atoms with van der Waals surface area (Å²) in [6.45, 7) is 2.09. The second-order valence-electron chi connectivity index (χ2n) is 4.43. The molecule has 106 valence electrons. The van der Waals surface area contributed by atoms with E-state index in [1.165, 1.54) is 23.9 Å². The molecule has 0 unspecified atom stereocenters. The fourth-order valence-electron chi connectivity index (χ4n) is 2.01. The van der Waals surface area contributed by atoms with E-state index in [9.17, 15) is 8.42 Å². The molecular formula is C13H16N4O2S. The van der Waals surface area contributed by atoms with Gasteiger partial charge in [-0.15, -0.1) is 0 Å². The predicted molar refractivity (Wildman–Crippen MR) is 74.3 cm³/mol. The van der Waals surface area contributed by atoms with Gasteiger partial charge >= 0.3 is 0 Å². The van der Waals surface area contributed by atoms with Crippen molar-refractivity contribution in [1.82, 2.24) is 15.0 Å². The zero-order valence-electron chi connectivity index (χ0n) is 11.0. The van der Waals surface area contributed by atoms with E-state index in [-0.39, 0.29) is 10.6 Å². The van der Waals surface area contributed by atoms with Gasteiger partial charge in [0.2, 0.25) is 10.0 Å². The average Bonchev–Trinajstić information content (AvgIpc) is 2.48. The standard InChI is InChI=1S/C13H16N4O2S/c14-10-12-13(2-1-6-16-12)20(18,19)17-9-5-11-3-7-15-8-4-11/h1-3,6,15,17H,4-5,7-9H2. The Labute approximate surface area is 118 Å². The molecule has 2 rings (SSSR count). The number of hydrogen-bond donors (Lipinski definition) is 2. The van der Waals surface area contributed by atoms with Gasteiger partial charge in [-0.3, -0.25) is 0 Å². The quantitative estimate of drug-likeness (QED) is 0.772. The smallest absolute Gasteiger partial charge is 0.243 e. The Morgan fingerprint density at radius 1 is 1.50 bits per heavy atom. The molecule has 6 nitrogen and oxygen atoms in total. The SMILES string of the molecule is N#Cc1ncccc1S(=O)(=O)NCCC1=CCNCC1. The minimum Gasteiger partial charge on any atom is -0.313 e. The first kappa shape index (κ1) is 14.7. The molecule has 0 bridgehead atoms. The molecule has 1 aromatic rings. The summed E-state index contributed by atoms with van der Waals surface area (Å²) in [5.41, 5.74) is 1.17. The van der Waals surface area contributed by atoms with Crippen LogP contribution in [0.25, 0.3) is 0 Å². The van der Waals surface area contributed by atoms with E-state index in [4.69, 9.17) is 5.26 Å². The molecule has 1 aliphatic heterocycles. The van der Waals surface area contributed by atoms with Gasteiger partial charge in [0.15, 0.2) is 5.69 Å². The zero-order chi connectivity index (χ0) is 14.4. The molecule has 0 fully saturated rings. The number of nitrogens with zero attached hydrogens (tertiary/aromatic N) is 2. The molecule has 0 aromatic carbocycles. The molecule has 1 aromatic heterocycles. The van der Waals surface area contributed by atoms with Gasteiger partial charge in [0, 0.05) is 19.3 Å². The van der Waals surface area contributed by atoms with Crippen LogP contribution in [0.15, 0.2) is 34.9 Å². The zero-order valence-corrected chi connectivity index (χ0v) is 11.8. The second kappa shape index (κ2) is 6.61. The lowest BCUT2D eigenvalue weighted by Gasteiger charge is -2.14. The Hall–Kier alpha value is -1.75. The number of rotatable bonds is 5. The molecule has 0 amide bonds. The van der Waals surface area contributed by atoms with Crippen LogP contribution < -0.4 is 10.0 Å². The van der Waals surface area contributed by atoms with Crippen LogP contribution in [-0.2, 0) is 10.0 Å². The number of nitrogens with one attached hydrogen (secondary N) is 2. The van der Waals surface area contributed by atoms with E-state index in [0.717, 1.165) is 19.5 Å².